The standard InChI is InChI=1S/C16H20N2O2/c1-9(2)13-8-6-7-10(3)15(13)17-16(19)14-11(4)18-20-12(14)5/h6-9H,1-5H3,(H,17,19). The van der Waals surface area contributed by atoms with Crippen molar-refractivity contribution in [1.82, 2.24) is 5.16 Å². The van der Waals surface area contributed by atoms with Crippen molar-refractivity contribution in [3.63, 3.8) is 0 Å². The summed E-state index contributed by atoms with van der Waals surface area (Å²) in [6, 6.07) is 6.05. The Labute approximate surface area is 119 Å². The van der Waals surface area contributed by atoms with Gasteiger partial charge in [-0.3, -0.25) is 4.79 Å². The van der Waals surface area contributed by atoms with Crippen molar-refractivity contribution in [2.75, 3.05) is 5.32 Å². The van der Waals surface area contributed by atoms with E-state index in [0.717, 1.165) is 16.8 Å². The van der Waals surface area contributed by atoms with Crippen LogP contribution in [0.1, 0.15) is 52.7 Å². The van der Waals surface area contributed by atoms with Gasteiger partial charge in [-0.2, -0.15) is 0 Å². The molecule has 0 aliphatic heterocycles. The third-order valence-corrected chi connectivity index (χ3v) is 3.43. The lowest BCUT2D eigenvalue weighted by Crippen LogP contribution is -2.16. The minimum absolute atomic E-state index is 0.169. The van der Waals surface area contributed by atoms with Gasteiger partial charge in [0.25, 0.3) is 5.91 Å². The average Bonchev–Trinajstić information content (AvgIpc) is 2.71. The Hall–Kier alpha value is -2.10. The fourth-order valence-electron chi connectivity index (χ4n) is 2.33. The van der Waals surface area contributed by atoms with E-state index in [9.17, 15) is 4.79 Å². The SMILES string of the molecule is Cc1cccc(C(C)C)c1NC(=O)c1c(C)noc1C. The molecule has 0 fully saturated rings. The topological polar surface area (TPSA) is 55.1 Å². The van der Waals surface area contributed by atoms with Gasteiger partial charge in [-0.25, -0.2) is 0 Å². The lowest BCUT2D eigenvalue weighted by molar-refractivity contribution is 0.102. The fourth-order valence-corrected chi connectivity index (χ4v) is 2.33. The Kier molecular flexibility index (Phi) is 3.93. The summed E-state index contributed by atoms with van der Waals surface area (Å²) in [7, 11) is 0. The molecule has 2 aromatic rings. The number of hydrogen-bond acceptors (Lipinski definition) is 3. The number of anilines is 1. The summed E-state index contributed by atoms with van der Waals surface area (Å²) in [6.45, 7) is 9.73. The molecule has 0 saturated carbocycles. The van der Waals surface area contributed by atoms with Crippen LogP contribution < -0.4 is 5.32 Å². The smallest absolute Gasteiger partial charge is 0.261 e. The highest BCUT2D eigenvalue weighted by molar-refractivity contribution is 6.06. The van der Waals surface area contributed by atoms with Gasteiger partial charge >= 0.3 is 0 Å². The van der Waals surface area contributed by atoms with Crippen LogP contribution in [0.4, 0.5) is 5.69 Å². The molecular formula is C16H20N2O2. The predicted molar refractivity (Wildman–Crippen MR) is 79.2 cm³/mol. The zero-order valence-corrected chi connectivity index (χ0v) is 12.6. The molecule has 0 atom stereocenters. The van der Waals surface area contributed by atoms with Crippen LogP contribution in [0.25, 0.3) is 0 Å². The van der Waals surface area contributed by atoms with Crippen LogP contribution in [0.15, 0.2) is 22.7 Å². The molecule has 0 bridgehead atoms. The molecule has 0 aliphatic rings. The number of aryl methyl sites for hydroxylation is 3. The summed E-state index contributed by atoms with van der Waals surface area (Å²) in [6.07, 6.45) is 0. The first-order valence-electron chi connectivity index (χ1n) is 6.75. The first kappa shape index (κ1) is 14.3. The molecule has 2 rings (SSSR count). The number of rotatable bonds is 3. The highest BCUT2D eigenvalue weighted by Crippen LogP contribution is 2.28. The molecule has 106 valence electrons. The second-order valence-corrected chi connectivity index (χ2v) is 5.35. The third kappa shape index (κ3) is 2.59. The van der Waals surface area contributed by atoms with E-state index < -0.39 is 0 Å². The Balaban J connectivity index is 2.38. The van der Waals surface area contributed by atoms with Crippen molar-refractivity contribution in [2.24, 2.45) is 0 Å². The van der Waals surface area contributed by atoms with E-state index in [0.29, 0.717) is 22.9 Å². The van der Waals surface area contributed by atoms with Gasteiger partial charge in [0, 0.05) is 5.69 Å². The summed E-state index contributed by atoms with van der Waals surface area (Å²) >= 11 is 0. The summed E-state index contributed by atoms with van der Waals surface area (Å²) in [4.78, 5) is 12.4. The number of carbonyl (C=O) groups is 1. The zero-order chi connectivity index (χ0) is 14.9. The number of hydrogen-bond donors (Lipinski definition) is 1. The van der Waals surface area contributed by atoms with E-state index in [1.54, 1.807) is 13.8 Å². The number of aromatic nitrogens is 1. The minimum atomic E-state index is -0.169. The molecule has 0 aliphatic carbocycles. The number of nitrogens with zero attached hydrogens (tertiary/aromatic N) is 1. The van der Waals surface area contributed by atoms with Crippen molar-refractivity contribution >= 4 is 11.6 Å². The van der Waals surface area contributed by atoms with Gasteiger partial charge in [-0.05, 0) is 37.8 Å². The molecule has 0 spiro atoms. The van der Waals surface area contributed by atoms with Crippen molar-refractivity contribution in [3.8, 4) is 0 Å². The number of amides is 1. The molecule has 4 heteroatoms. The normalized spacial score (nSPS) is 10.9. The molecule has 0 saturated heterocycles. The first-order valence-corrected chi connectivity index (χ1v) is 6.75. The number of nitrogens with one attached hydrogen (secondary N) is 1. The molecule has 1 N–H and O–H groups in total. The summed E-state index contributed by atoms with van der Waals surface area (Å²) < 4.78 is 5.05. The second-order valence-electron chi connectivity index (χ2n) is 5.35. The van der Waals surface area contributed by atoms with E-state index in [4.69, 9.17) is 4.52 Å². The quantitative estimate of drug-likeness (QED) is 0.919. The van der Waals surface area contributed by atoms with E-state index in [-0.39, 0.29) is 5.91 Å². The van der Waals surface area contributed by atoms with Crippen molar-refractivity contribution in [1.29, 1.82) is 0 Å². The molecule has 4 nitrogen and oxygen atoms in total. The molecule has 0 radical (unpaired) electrons. The maximum atomic E-state index is 12.4. The van der Waals surface area contributed by atoms with Gasteiger partial charge in [-0.1, -0.05) is 37.2 Å². The van der Waals surface area contributed by atoms with Crippen LogP contribution >= 0.6 is 0 Å². The van der Waals surface area contributed by atoms with Gasteiger partial charge in [0.05, 0.1) is 5.69 Å². The highest BCUT2D eigenvalue weighted by Gasteiger charge is 2.19. The largest absolute Gasteiger partial charge is 0.361 e. The van der Waals surface area contributed by atoms with E-state index in [1.165, 1.54) is 0 Å². The summed E-state index contributed by atoms with van der Waals surface area (Å²) in [5.74, 6) is 0.715. The van der Waals surface area contributed by atoms with Crippen LogP contribution in [0.5, 0.6) is 0 Å². The van der Waals surface area contributed by atoms with Crippen LogP contribution in [0.2, 0.25) is 0 Å². The molecule has 1 aromatic carbocycles. The minimum Gasteiger partial charge on any atom is -0.361 e. The lowest BCUT2D eigenvalue weighted by atomic mass is 9.98. The Morgan fingerprint density at radius 3 is 2.50 bits per heavy atom. The molecule has 20 heavy (non-hydrogen) atoms. The summed E-state index contributed by atoms with van der Waals surface area (Å²) in [5.41, 5.74) is 4.19. The van der Waals surface area contributed by atoms with Gasteiger partial charge in [0.2, 0.25) is 0 Å². The first-order chi connectivity index (χ1) is 9.41. The number of benzene rings is 1. The second kappa shape index (κ2) is 5.49. The maximum Gasteiger partial charge on any atom is 0.261 e. The molecule has 1 heterocycles. The van der Waals surface area contributed by atoms with E-state index in [1.807, 2.05) is 25.1 Å². The number of carbonyl (C=O) groups excluding carboxylic acids is 1. The van der Waals surface area contributed by atoms with Crippen LogP contribution in [-0.4, -0.2) is 11.1 Å². The van der Waals surface area contributed by atoms with Crippen molar-refractivity contribution in [2.45, 2.75) is 40.5 Å². The predicted octanol–water partition coefficient (Wildman–Crippen LogP) is 3.98. The fraction of sp³-hybridized carbons (Fsp3) is 0.375. The molecule has 1 aromatic heterocycles. The molecule has 1 amide bonds. The van der Waals surface area contributed by atoms with Crippen molar-refractivity contribution < 1.29 is 9.32 Å². The Bertz CT molecular complexity index is 622. The lowest BCUT2D eigenvalue weighted by Gasteiger charge is -2.16. The van der Waals surface area contributed by atoms with Crippen molar-refractivity contribution in [3.05, 3.63) is 46.3 Å². The van der Waals surface area contributed by atoms with Crippen LogP contribution in [-0.2, 0) is 0 Å². The monoisotopic (exact) mass is 272 g/mol. The van der Waals surface area contributed by atoms with E-state index in [2.05, 4.69) is 24.3 Å². The Morgan fingerprint density at radius 1 is 1.25 bits per heavy atom. The van der Waals surface area contributed by atoms with Crippen LogP contribution in [0.3, 0.4) is 0 Å². The van der Waals surface area contributed by atoms with Crippen LogP contribution in [0, 0.1) is 20.8 Å². The van der Waals surface area contributed by atoms with Gasteiger partial charge in [0.1, 0.15) is 11.3 Å². The third-order valence-electron chi connectivity index (χ3n) is 3.43. The molecule has 0 unspecified atom stereocenters. The summed E-state index contributed by atoms with van der Waals surface area (Å²) in [5, 5.41) is 6.83. The maximum absolute atomic E-state index is 12.4. The Morgan fingerprint density at radius 2 is 1.95 bits per heavy atom. The zero-order valence-electron chi connectivity index (χ0n) is 12.6. The van der Waals surface area contributed by atoms with Gasteiger partial charge in [-0.15, -0.1) is 0 Å². The average molecular weight is 272 g/mol. The number of para-hydroxylation sites is 1. The van der Waals surface area contributed by atoms with Gasteiger partial charge < -0.3 is 9.84 Å². The highest BCUT2D eigenvalue weighted by atomic mass is 16.5. The van der Waals surface area contributed by atoms with Gasteiger partial charge in [0.15, 0.2) is 0 Å². The molecular weight excluding hydrogens is 252 g/mol. The van der Waals surface area contributed by atoms with E-state index >= 15 is 0 Å².